The number of halogens is 1. The van der Waals surface area contributed by atoms with E-state index >= 15 is 0 Å². The standard InChI is InChI=1S/C15H16BrNO2S/c1-10-2-5-20-14(10)9-17-8-11-6-12(16)15-13(7-11)18-3-4-19-15/h2,5-7,17H,3-4,8-9H2,1H3. The first-order chi connectivity index (χ1) is 9.74. The minimum atomic E-state index is 0.612. The monoisotopic (exact) mass is 353 g/mol. The van der Waals surface area contributed by atoms with Crippen LogP contribution in [-0.2, 0) is 13.1 Å². The summed E-state index contributed by atoms with van der Waals surface area (Å²) in [6.45, 7) is 5.09. The molecule has 0 unspecified atom stereocenters. The van der Waals surface area contributed by atoms with Crippen molar-refractivity contribution >= 4 is 27.3 Å². The lowest BCUT2D eigenvalue weighted by molar-refractivity contribution is 0.170. The smallest absolute Gasteiger partial charge is 0.175 e. The Morgan fingerprint density at radius 1 is 1.25 bits per heavy atom. The fraction of sp³-hybridized carbons (Fsp3) is 0.333. The van der Waals surface area contributed by atoms with Crippen LogP contribution in [0.15, 0.2) is 28.1 Å². The van der Waals surface area contributed by atoms with Gasteiger partial charge in [-0.3, -0.25) is 0 Å². The van der Waals surface area contributed by atoms with Crippen LogP contribution in [0.2, 0.25) is 0 Å². The van der Waals surface area contributed by atoms with Crippen LogP contribution in [-0.4, -0.2) is 13.2 Å². The molecule has 0 amide bonds. The van der Waals surface area contributed by atoms with E-state index in [9.17, 15) is 0 Å². The first kappa shape index (κ1) is 13.9. The van der Waals surface area contributed by atoms with Crippen molar-refractivity contribution in [3.8, 4) is 11.5 Å². The van der Waals surface area contributed by atoms with Crippen molar-refractivity contribution in [2.24, 2.45) is 0 Å². The van der Waals surface area contributed by atoms with Gasteiger partial charge in [-0.25, -0.2) is 0 Å². The molecule has 106 valence electrons. The minimum Gasteiger partial charge on any atom is -0.486 e. The normalized spacial score (nSPS) is 13.5. The van der Waals surface area contributed by atoms with Gasteiger partial charge in [0.05, 0.1) is 4.47 Å². The number of hydrogen-bond acceptors (Lipinski definition) is 4. The van der Waals surface area contributed by atoms with E-state index in [4.69, 9.17) is 9.47 Å². The molecule has 1 aliphatic heterocycles. The highest BCUT2D eigenvalue weighted by Crippen LogP contribution is 2.38. The zero-order valence-electron chi connectivity index (χ0n) is 11.2. The van der Waals surface area contributed by atoms with Crippen LogP contribution >= 0.6 is 27.3 Å². The molecule has 1 aromatic carbocycles. The zero-order valence-corrected chi connectivity index (χ0v) is 13.6. The Kier molecular flexibility index (Phi) is 4.29. The van der Waals surface area contributed by atoms with E-state index < -0.39 is 0 Å². The summed E-state index contributed by atoms with van der Waals surface area (Å²) < 4.78 is 12.2. The van der Waals surface area contributed by atoms with Crippen molar-refractivity contribution in [3.05, 3.63) is 44.1 Å². The van der Waals surface area contributed by atoms with Crippen LogP contribution in [0.5, 0.6) is 11.5 Å². The average Bonchev–Trinajstić information content (AvgIpc) is 2.85. The van der Waals surface area contributed by atoms with Gasteiger partial charge in [0.2, 0.25) is 0 Å². The van der Waals surface area contributed by atoms with E-state index in [1.807, 2.05) is 6.07 Å². The highest BCUT2D eigenvalue weighted by molar-refractivity contribution is 9.10. The van der Waals surface area contributed by atoms with E-state index in [0.29, 0.717) is 13.2 Å². The summed E-state index contributed by atoms with van der Waals surface area (Å²) in [5.41, 5.74) is 2.54. The first-order valence-corrected chi connectivity index (χ1v) is 8.23. The van der Waals surface area contributed by atoms with Gasteiger partial charge in [-0.05, 0) is 57.6 Å². The van der Waals surface area contributed by atoms with Crippen LogP contribution < -0.4 is 14.8 Å². The van der Waals surface area contributed by atoms with Crippen molar-refractivity contribution in [2.45, 2.75) is 20.0 Å². The lowest BCUT2D eigenvalue weighted by atomic mass is 10.2. The third-order valence-corrected chi connectivity index (χ3v) is 4.85. The molecule has 3 rings (SSSR count). The second kappa shape index (κ2) is 6.16. The fourth-order valence-corrected chi connectivity index (χ4v) is 3.65. The van der Waals surface area contributed by atoms with Gasteiger partial charge in [-0.2, -0.15) is 0 Å². The number of fused-ring (bicyclic) bond motifs is 1. The van der Waals surface area contributed by atoms with E-state index in [1.54, 1.807) is 11.3 Å². The van der Waals surface area contributed by atoms with Gasteiger partial charge in [0.15, 0.2) is 11.5 Å². The molecule has 1 aromatic heterocycles. The summed E-state index contributed by atoms with van der Waals surface area (Å²) in [5.74, 6) is 1.64. The molecule has 20 heavy (non-hydrogen) atoms. The molecule has 3 nitrogen and oxygen atoms in total. The Hall–Kier alpha value is -1.04. The van der Waals surface area contributed by atoms with Gasteiger partial charge >= 0.3 is 0 Å². The molecule has 2 heterocycles. The predicted molar refractivity (Wildman–Crippen MR) is 84.7 cm³/mol. The molecule has 1 aliphatic rings. The Bertz CT molecular complexity index is 612. The highest BCUT2D eigenvalue weighted by atomic mass is 79.9. The van der Waals surface area contributed by atoms with E-state index in [2.05, 4.69) is 45.7 Å². The van der Waals surface area contributed by atoms with Crippen LogP contribution in [0, 0.1) is 6.92 Å². The van der Waals surface area contributed by atoms with E-state index in [0.717, 1.165) is 29.1 Å². The zero-order chi connectivity index (χ0) is 13.9. The van der Waals surface area contributed by atoms with Gasteiger partial charge < -0.3 is 14.8 Å². The Labute approximate surface area is 131 Å². The van der Waals surface area contributed by atoms with Crippen LogP contribution in [0.3, 0.4) is 0 Å². The molecule has 0 saturated heterocycles. The molecule has 0 radical (unpaired) electrons. The molecule has 1 N–H and O–H groups in total. The van der Waals surface area contributed by atoms with Crippen molar-refractivity contribution in [1.82, 2.24) is 5.32 Å². The number of hydrogen-bond donors (Lipinski definition) is 1. The van der Waals surface area contributed by atoms with Gasteiger partial charge in [0.25, 0.3) is 0 Å². The summed E-state index contributed by atoms with van der Waals surface area (Å²) in [7, 11) is 0. The van der Waals surface area contributed by atoms with Gasteiger partial charge in [-0.1, -0.05) is 0 Å². The van der Waals surface area contributed by atoms with Gasteiger partial charge in [0, 0.05) is 18.0 Å². The highest BCUT2D eigenvalue weighted by Gasteiger charge is 2.16. The Balaban J connectivity index is 1.66. The molecule has 0 saturated carbocycles. The molecular formula is C15H16BrNO2S. The second-order valence-corrected chi connectivity index (χ2v) is 6.59. The van der Waals surface area contributed by atoms with Crippen molar-refractivity contribution in [2.75, 3.05) is 13.2 Å². The van der Waals surface area contributed by atoms with Crippen molar-refractivity contribution < 1.29 is 9.47 Å². The lowest BCUT2D eigenvalue weighted by Gasteiger charge is -2.20. The summed E-state index contributed by atoms with van der Waals surface area (Å²) >= 11 is 5.34. The van der Waals surface area contributed by atoms with Gasteiger partial charge in [0.1, 0.15) is 13.2 Å². The number of benzene rings is 1. The molecular weight excluding hydrogens is 338 g/mol. The SMILES string of the molecule is Cc1ccsc1CNCc1cc(Br)c2c(c1)OCCO2. The molecule has 0 fully saturated rings. The Morgan fingerprint density at radius 2 is 2.10 bits per heavy atom. The molecule has 0 spiro atoms. The number of thiophene rings is 1. The van der Waals surface area contributed by atoms with Crippen LogP contribution in [0.25, 0.3) is 0 Å². The maximum atomic E-state index is 5.64. The van der Waals surface area contributed by atoms with Crippen LogP contribution in [0.1, 0.15) is 16.0 Å². The molecule has 5 heteroatoms. The molecule has 2 aromatic rings. The maximum absolute atomic E-state index is 5.64. The number of aryl methyl sites for hydroxylation is 1. The van der Waals surface area contributed by atoms with Crippen LogP contribution in [0.4, 0.5) is 0 Å². The maximum Gasteiger partial charge on any atom is 0.175 e. The molecule has 0 atom stereocenters. The second-order valence-electron chi connectivity index (χ2n) is 4.73. The summed E-state index contributed by atoms with van der Waals surface area (Å²) in [6, 6.07) is 6.29. The minimum absolute atomic E-state index is 0.612. The van der Waals surface area contributed by atoms with E-state index in [1.165, 1.54) is 16.0 Å². The lowest BCUT2D eigenvalue weighted by Crippen LogP contribution is -2.17. The first-order valence-electron chi connectivity index (χ1n) is 6.56. The third-order valence-electron chi connectivity index (χ3n) is 3.24. The largest absolute Gasteiger partial charge is 0.486 e. The van der Waals surface area contributed by atoms with Gasteiger partial charge in [-0.15, -0.1) is 11.3 Å². The molecule has 0 aliphatic carbocycles. The number of rotatable bonds is 4. The summed E-state index contributed by atoms with van der Waals surface area (Å²) in [4.78, 5) is 1.39. The Morgan fingerprint density at radius 3 is 2.90 bits per heavy atom. The topological polar surface area (TPSA) is 30.5 Å². The van der Waals surface area contributed by atoms with E-state index in [-0.39, 0.29) is 0 Å². The van der Waals surface area contributed by atoms with Crippen molar-refractivity contribution in [1.29, 1.82) is 0 Å². The number of ether oxygens (including phenoxy) is 2. The summed E-state index contributed by atoms with van der Waals surface area (Å²) in [6.07, 6.45) is 0. The predicted octanol–water partition coefficient (Wildman–Crippen LogP) is 3.88. The number of nitrogens with one attached hydrogen (secondary N) is 1. The van der Waals surface area contributed by atoms with Crippen molar-refractivity contribution in [3.63, 3.8) is 0 Å². The summed E-state index contributed by atoms with van der Waals surface area (Å²) in [5, 5.41) is 5.60. The fourth-order valence-electron chi connectivity index (χ4n) is 2.17. The third kappa shape index (κ3) is 3.00. The average molecular weight is 354 g/mol. The quantitative estimate of drug-likeness (QED) is 0.904. The molecule has 0 bridgehead atoms.